The van der Waals surface area contributed by atoms with Gasteiger partial charge in [0.25, 0.3) is 5.89 Å². The minimum atomic E-state index is 0.380. The molecule has 3 aromatic rings. The lowest BCUT2D eigenvalue weighted by Gasteiger charge is -2.02. The summed E-state index contributed by atoms with van der Waals surface area (Å²) in [5, 5.41) is 8.95. The first-order chi connectivity index (χ1) is 10.7. The highest BCUT2D eigenvalue weighted by Gasteiger charge is 2.16. The molecule has 1 aromatic carbocycles. The van der Waals surface area contributed by atoms with E-state index >= 15 is 0 Å². The Hall–Kier alpha value is -1.73. The quantitative estimate of drug-likeness (QED) is 0.497. The summed E-state index contributed by atoms with van der Waals surface area (Å²) in [5.41, 5.74) is 2.62. The molecular weight excluding hydrogens is 364 g/mol. The molecule has 112 valence electrons. The molecule has 2 heterocycles. The highest BCUT2D eigenvalue weighted by Crippen LogP contribution is 2.30. The Morgan fingerprint density at radius 3 is 2.73 bits per heavy atom. The minimum absolute atomic E-state index is 0.380. The molecule has 0 amide bonds. The highest BCUT2D eigenvalue weighted by molar-refractivity contribution is 9.10. The van der Waals surface area contributed by atoms with Crippen molar-refractivity contribution in [3.05, 3.63) is 40.5 Å². The Morgan fingerprint density at radius 2 is 1.95 bits per heavy atom. The first-order valence-corrected chi connectivity index (χ1v) is 8.52. The van der Waals surface area contributed by atoms with Crippen LogP contribution in [0.3, 0.4) is 0 Å². The summed E-state index contributed by atoms with van der Waals surface area (Å²) in [6.45, 7) is 4.06. The largest absolute Gasteiger partial charge is 0.415 e. The van der Waals surface area contributed by atoms with Crippen LogP contribution in [0.2, 0.25) is 0 Å². The zero-order chi connectivity index (χ0) is 15.5. The van der Waals surface area contributed by atoms with E-state index in [0.29, 0.717) is 22.6 Å². The van der Waals surface area contributed by atoms with Crippen LogP contribution in [0, 0.1) is 6.92 Å². The molecule has 7 heteroatoms. The van der Waals surface area contributed by atoms with Crippen LogP contribution >= 0.6 is 27.7 Å². The number of rotatable bonds is 4. The summed E-state index contributed by atoms with van der Waals surface area (Å²) < 4.78 is 6.53. The van der Waals surface area contributed by atoms with Gasteiger partial charge in [-0.1, -0.05) is 36.9 Å². The van der Waals surface area contributed by atoms with E-state index in [1.807, 2.05) is 31.2 Å². The fraction of sp³-hybridized carbons (Fsp3) is 0.200. The van der Waals surface area contributed by atoms with Gasteiger partial charge in [-0.15, -0.1) is 10.2 Å². The van der Waals surface area contributed by atoms with Crippen molar-refractivity contribution in [3.63, 3.8) is 0 Å². The van der Waals surface area contributed by atoms with E-state index in [2.05, 4.69) is 43.0 Å². The third-order valence-electron chi connectivity index (χ3n) is 3.00. The molecule has 0 atom stereocenters. The van der Waals surface area contributed by atoms with Gasteiger partial charge in [0.15, 0.2) is 5.16 Å². The number of benzene rings is 1. The predicted octanol–water partition coefficient (Wildman–Crippen LogP) is 4.38. The Morgan fingerprint density at radius 1 is 1.18 bits per heavy atom. The van der Waals surface area contributed by atoms with Crippen molar-refractivity contribution in [2.75, 3.05) is 5.75 Å². The molecule has 0 aliphatic rings. The second-order valence-electron chi connectivity index (χ2n) is 4.51. The molecule has 3 rings (SSSR count). The number of hydrogen-bond acceptors (Lipinski definition) is 6. The molecule has 0 N–H and O–H groups in total. The maximum absolute atomic E-state index is 5.80. The topological polar surface area (TPSA) is 64.7 Å². The molecule has 0 saturated carbocycles. The smallest absolute Gasteiger partial charge is 0.267 e. The second kappa shape index (κ2) is 6.58. The lowest BCUT2D eigenvalue weighted by molar-refractivity contribution is 0.580. The molecule has 5 nitrogen and oxygen atoms in total. The Bertz CT molecular complexity index is 806. The SMILES string of the molecule is CCSc1ncc(Br)c(-c2nnc(-c3ccccc3C)o2)n1. The Kier molecular flexibility index (Phi) is 4.54. The van der Waals surface area contributed by atoms with E-state index in [1.54, 1.807) is 18.0 Å². The molecule has 0 aliphatic carbocycles. The third-order valence-corrected chi connectivity index (χ3v) is 4.32. The summed E-state index contributed by atoms with van der Waals surface area (Å²) in [6, 6.07) is 7.89. The Labute approximate surface area is 140 Å². The van der Waals surface area contributed by atoms with E-state index in [-0.39, 0.29) is 0 Å². The molecule has 0 radical (unpaired) electrons. The van der Waals surface area contributed by atoms with E-state index in [4.69, 9.17) is 4.42 Å². The molecule has 0 saturated heterocycles. The number of thioether (sulfide) groups is 1. The maximum Gasteiger partial charge on any atom is 0.267 e. The average Bonchev–Trinajstić information content (AvgIpc) is 2.99. The van der Waals surface area contributed by atoms with Gasteiger partial charge in [0.05, 0.1) is 4.47 Å². The molecule has 0 bridgehead atoms. The predicted molar refractivity (Wildman–Crippen MR) is 89.6 cm³/mol. The van der Waals surface area contributed by atoms with Gasteiger partial charge in [0.1, 0.15) is 5.69 Å². The summed E-state index contributed by atoms with van der Waals surface area (Å²) in [7, 11) is 0. The van der Waals surface area contributed by atoms with Crippen LogP contribution in [-0.4, -0.2) is 25.9 Å². The standard InChI is InChI=1S/C15H13BrN4OS/c1-3-22-15-17-8-11(16)12(18-15)14-20-19-13(21-14)10-7-5-4-6-9(10)2/h4-8H,3H2,1-2H3. The average molecular weight is 377 g/mol. The molecule has 0 spiro atoms. The van der Waals surface area contributed by atoms with Gasteiger partial charge in [0, 0.05) is 11.8 Å². The Balaban J connectivity index is 2.01. The molecule has 2 aromatic heterocycles. The molecule has 22 heavy (non-hydrogen) atoms. The van der Waals surface area contributed by atoms with Crippen molar-refractivity contribution >= 4 is 27.7 Å². The third kappa shape index (κ3) is 3.05. The van der Waals surface area contributed by atoms with Crippen molar-refractivity contribution in [2.45, 2.75) is 19.0 Å². The van der Waals surface area contributed by atoms with Crippen molar-refractivity contribution in [2.24, 2.45) is 0 Å². The number of hydrogen-bond donors (Lipinski definition) is 0. The molecule has 0 aliphatic heterocycles. The molecular formula is C15H13BrN4OS. The molecule has 0 fully saturated rings. The van der Waals surface area contributed by atoms with Crippen LogP contribution in [0.5, 0.6) is 0 Å². The summed E-state index contributed by atoms with van der Waals surface area (Å²) >= 11 is 5.00. The number of halogens is 1. The minimum Gasteiger partial charge on any atom is -0.415 e. The van der Waals surface area contributed by atoms with Gasteiger partial charge < -0.3 is 4.42 Å². The number of aromatic nitrogens is 4. The van der Waals surface area contributed by atoms with Gasteiger partial charge >= 0.3 is 0 Å². The number of aryl methyl sites for hydroxylation is 1. The van der Waals surface area contributed by atoms with Crippen LogP contribution in [0.25, 0.3) is 23.0 Å². The van der Waals surface area contributed by atoms with Crippen molar-refractivity contribution in [1.29, 1.82) is 0 Å². The van der Waals surface area contributed by atoms with Crippen LogP contribution < -0.4 is 0 Å². The van der Waals surface area contributed by atoms with Gasteiger partial charge in [-0.2, -0.15) is 0 Å². The van der Waals surface area contributed by atoms with Crippen LogP contribution in [0.15, 0.2) is 44.5 Å². The fourth-order valence-electron chi connectivity index (χ4n) is 1.94. The van der Waals surface area contributed by atoms with E-state index in [9.17, 15) is 0 Å². The molecule has 0 unspecified atom stereocenters. The van der Waals surface area contributed by atoms with E-state index < -0.39 is 0 Å². The van der Waals surface area contributed by atoms with Crippen LogP contribution in [0.4, 0.5) is 0 Å². The van der Waals surface area contributed by atoms with Gasteiger partial charge in [0.2, 0.25) is 5.89 Å². The van der Waals surface area contributed by atoms with Crippen LogP contribution in [0.1, 0.15) is 12.5 Å². The zero-order valence-corrected chi connectivity index (χ0v) is 14.5. The maximum atomic E-state index is 5.80. The van der Waals surface area contributed by atoms with Crippen molar-refractivity contribution < 1.29 is 4.42 Å². The zero-order valence-electron chi connectivity index (χ0n) is 12.1. The lowest BCUT2D eigenvalue weighted by Crippen LogP contribution is -1.92. The first-order valence-electron chi connectivity index (χ1n) is 6.74. The van der Waals surface area contributed by atoms with Gasteiger partial charge in [-0.3, -0.25) is 0 Å². The van der Waals surface area contributed by atoms with E-state index in [1.165, 1.54) is 0 Å². The summed E-state index contributed by atoms with van der Waals surface area (Å²) in [6.07, 6.45) is 1.71. The summed E-state index contributed by atoms with van der Waals surface area (Å²) in [5.74, 6) is 1.77. The summed E-state index contributed by atoms with van der Waals surface area (Å²) in [4.78, 5) is 8.72. The lowest BCUT2D eigenvalue weighted by atomic mass is 10.1. The van der Waals surface area contributed by atoms with Crippen molar-refractivity contribution in [3.8, 4) is 23.0 Å². The monoisotopic (exact) mass is 376 g/mol. The van der Waals surface area contributed by atoms with Gasteiger partial charge in [-0.05, 0) is 40.2 Å². The first kappa shape index (κ1) is 15.2. The normalized spacial score (nSPS) is 10.9. The number of nitrogens with zero attached hydrogens (tertiary/aromatic N) is 4. The van der Waals surface area contributed by atoms with Gasteiger partial charge in [-0.25, -0.2) is 9.97 Å². The van der Waals surface area contributed by atoms with E-state index in [0.717, 1.165) is 21.4 Å². The highest BCUT2D eigenvalue weighted by atomic mass is 79.9. The van der Waals surface area contributed by atoms with Crippen LogP contribution in [-0.2, 0) is 0 Å². The second-order valence-corrected chi connectivity index (χ2v) is 6.59. The van der Waals surface area contributed by atoms with Crippen molar-refractivity contribution in [1.82, 2.24) is 20.2 Å². The fourth-order valence-corrected chi connectivity index (χ4v) is 2.84.